The minimum Gasteiger partial charge on any atom is -0.616 e. The third-order valence-electron chi connectivity index (χ3n) is 4.80. The molecular formula is C20H42O5S. The van der Waals surface area contributed by atoms with Crippen molar-refractivity contribution in [2.75, 3.05) is 18.1 Å². The summed E-state index contributed by atoms with van der Waals surface area (Å²) >= 11 is -1.08. The molecule has 0 radical (unpaired) electrons. The average molecular weight is 395 g/mol. The molecule has 158 valence electrons. The Hall–Kier alpha value is 0.150. The molecule has 0 bridgehead atoms. The molecule has 0 aromatic rings. The lowest BCUT2D eigenvalue weighted by atomic mass is 10.00. The predicted octanol–water partition coefficient (Wildman–Crippen LogP) is 2.90. The van der Waals surface area contributed by atoms with Gasteiger partial charge in [0.15, 0.2) is 0 Å². The van der Waals surface area contributed by atoms with Gasteiger partial charge in [-0.15, -0.1) is 0 Å². The largest absolute Gasteiger partial charge is 0.616 e. The van der Waals surface area contributed by atoms with Crippen LogP contribution in [0.3, 0.4) is 0 Å². The molecule has 0 fully saturated rings. The molecule has 0 aliphatic heterocycles. The molecule has 5 nitrogen and oxygen atoms in total. The van der Waals surface area contributed by atoms with Crippen molar-refractivity contribution in [1.29, 1.82) is 0 Å². The zero-order valence-electron chi connectivity index (χ0n) is 16.7. The Morgan fingerprint density at radius 1 is 0.654 bits per heavy atom. The summed E-state index contributed by atoms with van der Waals surface area (Å²) in [5, 5.41) is 38.5. The van der Waals surface area contributed by atoms with Gasteiger partial charge in [0.2, 0.25) is 0 Å². The van der Waals surface area contributed by atoms with Crippen LogP contribution in [0.2, 0.25) is 0 Å². The molecule has 6 heteroatoms. The summed E-state index contributed by atoms with van der Waals surface area (Å²) in [5.41, 5.74) is 0. The molecular weight excluding hydrogens is 352 g/mol. The van der Waals surface area contributed by atoms with Gasteiger partial charge in [0.25, 0.3) is 0 Å². The van der Waals surface area contributed by atoms with Gasteiger partial charge >= 0.3 is 0 Å². The summed E-state index contributed by atoms with van der Waals surface area (Å²) in [7, 11) is 0. The van der Waals surface area contributed by atoms with Gasteiger partial charge in [-0.25, -0.2) is 0 Å². The first-order valence-electron chi connectivity index (χ1n) is 10.5. The smallest absolute Gasteiger partial charge is 0.128 e. The van der Waals surface area contributed by atoms with E-state index in [4.69, 9.17) is 5.11 Å². The van der Waals surface area contributed by atoms with E-state index in [1.54, 1.807) is 0 Å². The second kappa shape index (κ2) is 18.5. The topological polar surface area (TPSA) is 104 Å². The van der Waals surface area contributed by atoms with E-state index < -0.39 is 23.4 Å². The molecule has 0 saturated heterocycles. The number of aliphatic hydroxyl groups excluding tert-OH is 4. The monoisotopic (exact) mass is 394 g/mol. The Morgan fingerprint density at radius 3 is 1.65 bits per heavy atom. The summed E-state index contributed by atoms with van der Waals surface area (Å²) in [6.07, 6.45) is 10.6. The van der Waals surface area contributed by atoms with Gasteiger partial charge in [-0.3, -0.25) is 0 Å². The van der Waals surface area contributed by atoms with Crippen molar-refractivity contribution in [2.45, 2.75) is 109 Å². The normalized spacial score (nSPS) is 16.4. The number of hydrogen-bond donors (Lipinski definition) is 4. The van der Waals surface area contributed by atoms with Crippen molar-refractivity contribution < 1.29 is 25.0 Å². The predicted molar refractivity (Wildman–Crippen MR) is 109 cm³/mol. The summed E-state index contributed by atoms with van der Waals surface area (Å²) in [4.78, 5) is 0. The van der Waals surface area contributed by atoms with Crippen LogP contribution in [0.5, 0.6) is 0 Å². The molecule has 0 aliphatic rings. The Morgan fingerprint density at radius 2 is 1.12 bits per heavy atom. The third kappa shape index (κ3) is 17.6. The van der Waals surface area contributed by atoms with E-state index in [9.17, 15) is 19.9 Å². The first-order chi connectivity index (χ1) is 12.5. The molecule has 0 spiro atoms. The minimum atomic E-state index is -1.08. The van der Waals surface area contributed by atoms with Crippen molar-refractivity contribution in [3.8, 4) is 0 Å². The lowest BCUT2D eigenvalue weighted by Gasteiger charge is -2.17. The Labute approximate surface area is 163 Å². The molecule has 0 heterocycles. The Balaban J connectivity index is 3.54. The number of aliphatic hydroxyl groups is 4. The van der Waals surface area contributed by atoms with Crippen molar-refractivity contribution in [3.63, 3.8) is 0 Å². The van der Waals surface area contributed by atoms with Gasteiger partial charge in [-0.1, -0.05) is 63.0 Å². The molecule has 4 N–H and O–H groups in total. The van der Waals surface area contributed by atoms with E-state index in [1.807, 2.05) is 0 Å². The highest BCUT2D eigenvalue weighted by atomic mass is 32.2. The summed E-state index contributed by atoms with van der Waals surface area (Å²) < 4.78 is 11.4. The highest BCUT2D eigenvalue weighted by Crippen LogP contribution is 2.15. The van der Waals surface area contributed by atoms with E-state index >= 15 is 0 Å². The lowest BCUT2D eigenvalue weighted by molar-refractivity contribution is 0.0844. The van der Waals surface area contributed by atoms with E-state index in [2.05, 4.69) is 6.92 Å². The van der Waals surface area contributed by atoms with E-state index in [1.165, 1.54) is 38.5 Å². The average Bonchev–Trinajstić information content (AvgIpc) is 2.62. The van der Waals surface area contributed by atoms with Gasteiger partial charge in [0, 0.05) is 6.42 Å². The molecule has 0 aromatic heterocycles. The van der Waals surface area contributed by atoms with Gasteiger partial charge in [0.05, 0.1) is 24.9 Å². The minimum absolute atomic E-state index is 0.0946. The number of rotatable bonds is 19. The second-order valence-corrected chi connectivity index (χ2v) is 9.08. The molecule has 26 heavy (non-hydrogen) atoms. The zero-order valence-corrected chi connectivity index (χ0v) is 17.5. The quantitative estimate of drug-likeness (QED) is 0.199. The summed E-state index contributed by atoms with van der Waals surface area (Å²) in [5.74, 6) is 0.640. The van der Waals surface area contributed by atoms with Crippen molar-refractivity contribution in [1.82, 2.24) is 0 Å². The second-order valence-electron chi connectivity index (χ2n) is 7.39. The number of hydrogen-bond acceptors (Lipinski definition) is 5. The van der Waals surface area contributed by atoms with E-state index in [-0.39, 0.29) is 18.5 Å². The van der Waals surface area contributed by atoms with Crippen LogP contribution in [-0.4, -0.2) is 61.4 Å². The number of unbranched alkanes of at least 4 members (excludes halogenated alkanes) is 6. The maximum atomic E-state index is 11.4. The van der Waals surface area contributed by atoms with E-state index in [0.29, 0.717) is 37.9 Å². The van der Waals surface area contributed by atoms with E-state index in [0.717, 1.165) is 12.8 Å². The molecule has 4 atom stereocenters. The van der Waals surface area contributed by atoms with Crippen molar-refractivity contribution in [2.24, 2.45) is 0 Å². The SMILES string of the molecule is CCCCCCCCCC(O)CCC(O)CCC(O)CC[S+]([O-])CCO. The molecule has 0 rings (SSSR count). The highest BCUT2D eigenvalue weighted by Gasteiger charge is 2.14. The first-order valence-corrected chi connectivity index (χ1v) is 12.0. The molecule has 4 unspecified atom stereocenters. The van der Waals surface area contributed by atoms with Crippen molar-refractivity contribution in [3.05, 3.63) is 0 Å². The first kappa shape index (κ1) is 26.1. The van der Waals surface area contributed by atoms with Crippen LogP contribution >= 0.6 is 0 Å². The molecule has 0 saturated carbocycles. The fraction of sp³-hybridized carbons (Fsp3) is 1.00. The van der Waals surface area contributed by atoms with Crippen molar-refractivity contribution >= 4 is 11.2 Å². The van der Waals surface area contributed by atoms with Crippen LogP contribution in [0, 0.1) is 0 Å². The molecule has 0 aromatic carbocycles. The Kier molecular flexibility index (Phi) is 18.6. The highest BCUT2D eigenvalue weighted by molar-refractivity contribution is 7.91. The lowest BCUT2D eigenvalue weighted by Crippen LogP contribution is -2.20. The van der Waals surface area contributed by atoms with Gasteiger partial charge in [-0.05, 0) is 32.1 Å². The fourth-order valence-electron chi connectivity index (χ4n) is 3.01. The van der Waals surface area contributed by atoms with Crippen LogP contribution in [0.1, 0.15) is 90.4 Å². The zero-order chi connectivity index (χ0) is 19.6. The summed E-state index contributed by atoms with van der Waals surface area (Å²) in [6.45, 7) is 2.12. The van der Waals surface area contributed by atoms with Crippen LogP contribution in [0.15, 0.2) is 0 Å². The van der Waals surface area contributed by atoms with Crippen LogP contribution in [-0.2, 0) is 11.2 Å². The third-order valence-corrected chi connectivity index (χ3v) is 6.13. The maximum Gasteiger partial charge on any atom is 0.128 e. The van der Waals surface area contributed by atoms with Gasteiger partial charge < -0.3 is 25.0 Å². The molecule has 0 aliphatic carbocycles. The van der Waals surface area contributed by atoms with Crippen LogP contribution < -0.4 is 0 Å². The standard InChI is InChI=1S/C20H42O5S/c1-2-3-4-5-6-7-8-9-18(22)10-11-19(23)12-13-20(24)14-16-26(25)17-15-21/h18-24H,2-17H2,1H3. The van der Waals surface area contributed by atoms with Gasteiger partial charge in [0.1, 0.15) is 11.5 Å². The van der Waals surface area contributed by atoms with Gasteiger partial charge in [-0.2, -0.15) is 0 Å². The van der Waals surface area contributed by atoms with Crippen LogP contribution in [0.4, 0.5) is 0 Å². The fourth-order valence-corrected chi connectivity index (χ4v) is 3.95. The molecule has 0 amide bonds. The summed E-state index contributed by atoms with van der Waals surface area (Å²) in [6, 6.07) is 0. The van der Waals surface area contributed by atoms with Crippen LogP contribution in [0.25, 0.3) is 0 Å². The maximum absolute atomic E-state index is 11.4. The Bertz CT molecular complexity index is 293.